The third-order valence-corrected chi connectivity index (χ3v) is 2.68. The van der Waals surface area contributed by atoms with Crippen LogP contribution >= 0.6 is 0 Å². The summed E-state index contributed by atoms with van der Waals surface area (Å²) in [6, 6.07) is 5.14. The van der Waals surface area contributed by atoms with E-state index in [-0.39, 0.29) is 6.10 Å². The summed E-state index contributed by atoms with van der Waals surface area (Å²) in [6.07, 6.45) is 1.02. The van der Waals surface area contributed by atoms with Crippen molar-refractivity contribution in [3.05, 3.63) is 23.8 Å². The molecule has 1 saturated heterocycles. The van der Waals surface area contributed by atoms with Gasteiger partial charge in [-0.25, -0.2) is 0 Å². The number of rotatable bonds is 3. The highest BCUT2D eigenvalue weighted by Crippen LogP contribution is 2.20. The molecule has 2 N–H and O–H groups in total. The molecule has 2 rings (SSSR count). The van der Waals surface area contributed by atoms with E-state index < -0.39 is 7.12 Å². The molecule has 1 aromatic rings. The first-order valence-corrected chi connectivity index (χ1v) is 5.38. The molecule has 86 valence electrons. The normalized spacial score (nSPS) is 19.8. The maximum Gasteiger partial charge on any atom is 0.488 e. The first-order valence-electron chi connectivity index (χ1n) is 5.38. The highest BCUT2D eigenvalue weighted by molar-refractivity contribution is 6.58. The van der Waals surface area contributed by atoms with E-state index in [1.54, 1.807) is 18.2 Å². The Bertz CT molecular complexity index is 361. The van der Waals surface area contributed by atoms with Crippen LogP contribution in [0.1, 0.15) is 12.0 Å². The Morgan fingerprint density at radius 3 is 2.81 bits per heavy atom. The van der Waals surface area contributed by atoms with Crippen molar-refractivity contribution < 1.29 is 19.5 Å². The lowest BCUT2D eigenvalue weighted by Crippen LogP contribution is -2.30. The van der Waals surface area contributed by atoms with Crippen molar-refractivity contribution >= 4 is 12.6 Å². The number of ether oxygens (including phenoxy) is 2. The van der Waals surface area contributed by atoms with Gasteiger partial charge in [0.05, 0.1) is 13.2 Å². The average Bonchev–Trinajstić information content (AvgIpc) is 2.73. The maximum absolute atomic E-state index is 9.02. The van der Waals surface area contributed by atoms with Gasteiger partial charge in [-0.2, -0.15) is 0 Å². The Morgan fingerprint density at radius 1 is 1.44 bits per heavy atom. The van der Waals surface area contributed by atoms with Crippen LogP contribution in [0.2, 0.25) is 0 Å². The summed E-state index contributed by atoms with van der Waals surface area (Å²) >= 11 is 0. The lowest BCUT2D eigenvalue weighted by molar-refractivity contribution is 0.141. The fourth-order valence-electron chi connectivity index (χ4n) is 1.75. The average molecular weight is 222 g/mol. The number of aryl methyl sites for hydroxylation is 1. The molecule has 1 aliphatic rings. The van der Waals surface area contributed by atoms with Crippen LogP contribution in [0, 0.1) is 6.92 Å². The Hall–Kier alpha value is -1.04. The number of hydrogen-bond donors (Lipinski definition) is 2. The predicted molar refractivity (Wildman–Crippen MR) is 60.9 cm³/mol. The highest BCUT2D eigenvalue weighted by atomic mass is 16.5. The van der Waals surface area contributed by atoms with E-state index >= 15 is 0 Å². The quantitative estimate of drug-likeness (QED) is 0.698. The van der Waals surface area contributed by atoms with Crippen LogP contribution in [-0.4, -0.2) is 36.5 Å². The Morgan fingerprint density at radius 2 is 2.25 bits per heavy atom. The van der Waals surface area contributed by atoms with Gasteiger partial charge in [0.2, 0.25) is 0 Å². The second-order valence-electron chi connectivity index (χ2n) is 4.00. The van der Waals surface area contributed by atoms with E-state index in [1.165, 1.54) is 0 Å². The van der Waals surface area contributed by atoms with Crippen LogP contribution in [-0.2, 0) is 4.74 Å². The first-order chi connectivity index (χ1) is 7.66. The SMILES string of the molecule is Cc1cc(B(O)O)ccc1O[C@@H]1CCOC1. The number of hydrogen-bond acceptors (Lipinski definition) is 4. The molecule has 1 atom stereocenters. The molecule has 16 heavy (non-hydrogen) atoms. The molecular weight excluding hydrogens is 207 g/mol. The van der Waals surface area contributed by atoms with Crippen LogP contribution in [0.3, 0.4) is 0 Å². The second kappa shape index (κ2) is 4.87. The van der Waals surface area contributed by atoms with Gasteiger partial charge in [0.25, 0.3) is 0 Å². The summed E-state index contributed by atoms with van der Waals surface area (Å²) in [5, 5.41) is 18.0. The Balaban J connectivity index is 2.09. The topological polar surface area (TPSA) is 58.9 Å². The van der Waals surface area contributed by atoms with Gasteiger partial charge >= 0.3 is 7.12 Å². The zero-order valence-corrected chi connectivity index (χ0v) is 9.22. The maximum atomic E-state index is 9.02. The van der Waals surface area contributed by atoms with E-state index in [4.69, 9.17) is 19.5 Å². The molecule has 0 aromatic heterocycles. The predicted octanol–water partition coefficient (Wildman–Crippen LogP) is -0.157. The zero-order chi connectivity index (χ0) is 11.5. The van der Waals surface area contributed by atoms with Crippen LogP contribution in [0.15, 0.2) is 18.2 Å². The molecule has 1 aromatic carbocycles. The van der Waals surface area contributed by atoms with Crippen molar-refractivity contribution in [2.24, 2.45) is 0 Å². The van der Waals surface area contributed by atoms with Gasteiger partial charge in [0.15, 0.2) is 0 Å². The minimum absolute atomic E-state index is 0.114. The van der Waals surface area contributed by atoms with Gasteiger partial charge in [-0.05, 0) is 24.0 Å². The molecule has 4 nitrogen and oxygen atoms in total. The minimum atomic E-state index is -1.43. The standard InChI is InChI=1S/C11H15BO4/c1-8-6-9(12(13)14)2-3-11(8)16-10-4-5-15-7-10/h2-3,6,10,13-14H,4-5,7H2,1H3/t10-/m1/s1. The van der Waals surface area contributed by atoms with Crippen molar-refractivity contribution in [3.8, 4) is 5.75 Å². The van der Waals surface area contributed by atoms with Crippen molar-refractivity contribution in [2.75, 3.05) is 13.2 Å². The second-order valence-corrected chi connectivity index (χ2v) is 4.00. The smallest absolute Gasteiger partial charge is 0.488 e. The first kappa shape index (κ1) is 11.5. The molecule has 0 saturated carbocycles. The van der Waals surface area contributed by atoms with Crippen LogP contribution in [0.4, 0.5) is 0 Å². The van der Waals surface area contributed by atoms with Crippen molar-refractivity contribution in [1.82, 2.24) is 0 Å². The molecule has 1 heterocycles. The van der Waals surface area contributed by atoms with Gasteiger partial charge < -0.3 is 19.5 Å². The molecule has 0 aliphatic carbocycles. The summed E-state index contributed by atoms with van der Waals surface area (Å²) in [5.41, 5.74) is 1.38. The van der Waals surface area contributed by atoms with Gasteiger partial charge in [-0.1, -0.05) is 12.1 Å². The monoisotopic (exact) mass is 222 g/mol. The zero-order valence-electron chi connectivity index (χ0n) is 9.22. The van der Waals surface area contributed by atoms with E-state index in [1.807, 2.05) is 6.92 Å². The third kappa shape index (κ3) is 2.55. The highest BCUT2D eigenvalue weighted by Gasteiger charge is 2.19. The van der Waals surface area contributed by atoms with Gasteiger partial charge in [0.1, 0.15) is 11.9 Å². The van der Waals surface area contributed by atoms with Crippen LogP contribution < -0.4 is 10.2 Å². The molecule has 1 aliphatic heterocycles. The molecule has 5 heteroatoms. The van der Waals surface area contributed by atoms with Crippen molar-refractivity contribution in [2.45, 2.75) is 19.4 Å². The van der Waals surface area contributed by atoms with Crippen molar-refractivity contribution in [3.63, 3.8) is 0 Å². The fraction of sp³-hybridized carbons (Fsp3) is 0.455. The van der Waals surface area contributed by atoms with E-state index in [0.29, 0.717) is 12.1 Å². The van der Waals surface area contributed by atoms with Gasteiger partial charge in [-0.3, -0.25) is 0 Å². The van der Waals surface area contributed by atoms with E-state index in [2.05, 4.69) is 0 Å². The largest absolute Gasteiger partial charge is 0.488 e. The summed E-state index contributed by atoms with van der Waals surface area (Å²) in [7, 11) is -1.43. The molecule has 1 fully saturated rings. The summed E-state index contributed by atoms with van der Waals surface area (Å²) in [4.78, 5) is 0. The molecule has 0 bridgehead atoms. The molecular formula is C11H15BO4. The van der Waals surface area contributed by atoms with Crippen molar-refractivity contribution in [1.29, 1.82) is 0 Å². The summed E-state index contributed by atoms with van der Waals surface area (Å²) in [5.74, 6) is 0.778. The number of benzene rings is 1. The van der Waals surface area contributed by atoms with Crippen LogP contribution in [0.25, 0.3) is 0 Å². The van der Waals surface area contributed by atoms with E-state index in [0.717, 1.165) is 24.3 Å². The summed E-state index contributed by atoms with van der Waals surface area (Å²) < 4.78 is 11.0. The molecule has 0 amide bonds. The Labute approximate surface area is 95.0 Å². The van der Waals surface area contributed by atoms with Crippen LogP contribution in [0.5, 0.6) is 5.75 Å². The van der Waals surface area contributed by atoms with E-state index in [9.17, 15) is 0 Å². The summed E-state index contributed by atoms with van der Waals surface area (Å²) in [6.45, 7) is 3.26. The fourth-order valence-corrected chi connectivity index (χ4v) is 1.75. The lowest BCUT2D eigenvalue weighted by atomic mass is 9.79. The molecule has 0 radical (unpaired) electrons. The lowest BCUT2D eigenvalue weighted by Gasteiger charge is -2.14. The molecule has 0 spiro atoms. The Kier molecular flexibility index (Phi) is 3.48. The van der Waals surface area contributed by atoms with Gasteiger partial charge in [-0.15, -0.1) is 0 Å². The molecule has 0 unspecified atom stereocenters. The third-order valence-electron chi connectivity index (χ3n) is 2.68. The minimum Gasteiger partial charge on any atom is -0.488 e. The van der Waals surface area contributed by atoms with Gasteiger partial charge in [0, 0.05) is 6.42 Å².